The van der Waals surface area contributed by atoms with Crippen LogP contribution in [0.3, 0.4) is 0 Å². The smallest absolute Gasteiger partial charge is 0.369 e. The van der Waals surface area contributed by atoms with Crippen LogP contribution in [0.15, 0.2) is 51.1 Å². The van der Waals surface area contributed by atoms with Crippen molar-refractivity contribution in [3.63, 3.8) is 0 Å². The lowest BCUT2D eigenvalue weighted by Gasteiger charge is -2.27. The lowest BCUT2D eigenvalue weighted by Crippen LogP contribution is -2.39. The van der Waals surface area contributed by atoms with Gasteiger partial charge >= 0.3 is 19.5 Å². The standard InChI is InChI=1S/C21H24BrClN3O9P/c1-13(26(32-2)15-6-4-3-5-7-15)20(28)35-36(30,31)33-12-17-16(23)10-18(34-17)25-11-14(8-9-22)19(27)24-21(25)29/h3-9,11,13,16-18H,10,12H2,1-2H3,(H,30,31)(H,24,27,29)/b9-8+/t13-,16-,17+,18+/m0/s1. The second-order valence-corrected chi connectivity index (χ2v) is 10.1. The molecule has 3 rings (SSSR count). The SMILES string of the molecule is CON(c1ccccc1)[C@@H](C)C(=O)OP(=O)(O)OC[C@H]1O[C@@H](n2cc(/C=C/Br)c(=O)[nH]c2=O)C[C@@H]1Cl. The zero-order chi connectivity index (χ0) is 26.5. The minimum atomic E-state index is -4.85. The fourth-order valence-electron chi connectivity index (χ4n) is 3.45. The Kier molecular flexibility index (Phi) is 9.70. The summed E-state index contributed by atoms with van der Waals surface area (Å²) in [6.07, 6.45) is 1.12. The van der Waals surface area contributed by atoms with Gasteiger partial charge in [-0.25, -0.2) is 19.2 Å². The van der Waals surface area contributed by atoms with Crippen molar-refractivity contribution in [2.75, 3.05) is 18.8 Å². The molecule has 0 amide bonds. The van der Waals surface area contributed by atoms with Crippen molar-refractivity contribution in [2.24, 2.45) is 0 Å². The fourth-order valence-corrected chi connectivity index (χ4v) is 4.79. The third-order valence-electron chi connectivity index (χ3n) is 5.22. The molecule has 1 fully saturated rings. The van der Waals surface area contributed by atoms with E-state index in [1.54, 1.807) is 30.3 Å². The number of hydroxylamine groups is 1. The monoisotopic (exact) mass is 607 g/mol. The Balaban J connectivity index is 1.62. The van der Waals surface area contributed by atoms with Crippen LogP contribution in [0.25, 0.3) is 6.08 Å². The van der Waals surface area contributed by atoms with Crippen LogP contribution in [0, 0.1) is 0 Å². The number of phosphoric ester groups is 1. The van der Waals surface area contributed by atoms with Crippen LogP contribution >= 0.6 is 35.4 Å². The van der Waals surface area contributed by atoms with Crippen LogP contribution in [0.1, 0.15) is 25.1 Å². The highest BCUT2D eigenvalue weighted by molar-refractivity contribution is 9.11. The molecule has 2 aromatic rings. The number of nitrogens with zero attached hydrogens (tertiary/aromatic N) is 2. The summed E-state index contributed by atoms with van der Waals surface area (Å²) in [6.45, 7) is 0.929. The number of benzene rings is 1. The number of aromatic nitrogens is 2. The van der Waals surface area contributed by atoms with Crippen molar-refractivity contribution in [1.29, 1.82) is 0 Å². The first-order chi connectivity index (χ1) is 17.1. The Hall–Kier alpha value is -2.25. The number of phosphoric acid groups is 1. The Morgan fingerprint density at radius 3 is 2.75 bits per heavy atom. The van der Waals surface area contributed by atoms with Crippen molar-refractivity contribution < 1.29 is 32.9 Å². The normalized spacial score (nSPS) is 22.3. The van der Waals surface area contributed by atoms with Crippen molar-refractivity contribution >= 4 is 53.1 Å². The maximum Gasteiger partial charge on any atom is 0.529 e. The van der Waals surface area contributed by atoms with E-state index in [2.05, 4.69) is 20.9 Å². The number of hydrogen-bond acceptors (Lipinski definition) is 9. The fraction of sp³-hybridized carbons (Fsp3) is 0.381. The zero-order valence-electron chi connectivity index (χ0n) is 19.2. The lowest BCUT2D eigenvalue weighted by molar-refractivity contribution is -0.139. The number of rotatable bonds is 10. The van der Waals surface area contributed by atoms with Crippen LogP contribution in [0.4, 0.5) is 5.69 Å². The van der Waals surface area contributed by atoms with Gasteiger partial charge in [0.25, 0.3) is 5.56 Å². The summed E-state index contributed by atoms with van der Waals surface area (Å²) in [4.78, 5) is 55.5. The molecule has 2 N–H and O–H groups in total. The van der Waals surface area contributed by atoms with Crippen LogP contribution in [0.5, 0.6) is 0 Å². The summed E-state index contributed by atoms with van der Waals surface area (Å²) < 4.78 is 29.0. The Morgan fingerprint density at radius 1 is 1.42 bits per heavy atom. The van der Waals surface area contributed by atoms with Crippen molar-refractivity contribution in [2.45, 2.75) is 37.1 Å². The number of halogens is 2. The van der Waals surface area contributed by atoms with E-state index in [-0.39, 0.29) is 12.0 Å². The maximum atomic E-state index is 12.5. The lowest BCUT2D eigenvalue weighted by atomic mass is 10.2. The number of aromatic amines is 1. The molecule has 1 saturated heterocycles. The van der Waals surface area contributed by atoms with Crippen molar-refractivity contribution in [3.05, 3.63) is 67.9 Å². The van der Waals surface area contributed by atoms with Crippen LogP contribution in [0.2, 0.25) is 0 Å². The molecule has 2 heterocycles. The number of para-hydroxylation sites is 1. The van der Waals surface area contributed by atoms with Gasteiger partial charge in [0.05, 0.1) is 30.3 Å². The number of carbonyl (C=O) groups is 1. The Morgan fingerprint density at radius 2 is 2.11 bits per heavy atom. The molecule has 15 heteroatoms. The molecule has 0 aliphatic carbocycles. The molecular formula is C21H24BrClN3O9P. The third kappa shape index (κ3) is 6.94. The quantitative estimate of drug-likeness (QED) is 0.234. The second kappa shape index (κ2) is 12.3. The van der Waals surface area contributed by atoms with E-state index in [9.17, 15) is 23.8 Å². The van der Waals surface area contributed by atoms with Gasteiger partial charge in [0.15, 0.2) is 6.04 Å². The van der Waals surface area contributed by atoms with Crippen molar-refractivity contribution in [3.8, 4) is 0 Å². The molecule has 1 aliphatic heterocycles. The highest BCUT2D eigenvalue weighted by Crippen LogP contribution is 2.45. The Labute approximate surface area is 219 Å². The molecule has 0 saturated carbocycles. The highest BCUT2D eigenvalue weighted by atomic mass is 79.9. The van der Waals surface area contributed by atoms with E-state index >= 15 is 0 Å². The largest absolute Gasteiger partial charge is 0.529 e. The van der Waals surface area contributed by atoms with Gasteiger partial charge in [0.2, 0.25) is 0 Å². The molecular weight excluding hydrogens is 585 g/mol. The number of ether oxygens (including phenoxy) is 1. The van der Waals surface area contributed by atoms with E-state index < -0.39 is 55.4 Å². The summed E-state index contributed by atoms with van der Waals surface area (Å²) in [7, 11) is -3.51. The number of H-pyrrole nitrogens is 1. The molecule has 36 heavy (non-hydrogen) atoms. The molecule has 0 spiro atoms. The van der Waals surface area contributed by atoms with Crippen LogP contribution in [-0.4, -0.2) is 51.7 Å². The molecule has 1 aromatic carbocycles. The summed E-state index contributed by atoms with van der Waals surface area (Å²) >= 11 is 9.37. The van der Waals surface area contributed by atoms with Gasteiger partial charge in [-0.15, -0.1) is 11.6 Å². The van der Waals surface area contributed by atoms with Gasteiger partial charge in [-0.05, 0) is 30.1 Å². The molecule has 0 radical (unpaired) electrons. The van der Waals surface area contributed by atoms with Gasteiger partial charge in [0.1, 0.15) is 12.3 Å². The average Bonchev–Trinajstić information content (AvgIpc) is 3.20. The molecule has 0 bridgehead atoms. The topological polar surface area (TPSA) is 149 Å². The highest BCUT2D eigenvalue weighted by Gasteiger charge is 2.39. The predicted octanol–water partition coefficient (Wildman–Crippen LogP) is 2.91. The molecule has 1 unspecified atom stereocenters. The second-order valence-electron chi connectivity index (χ2n) is 7.62. The minimum Gasteiger partial charge on any atom is -0.369 e. The zero-order valence-corrected chi connectivity index (χ0v) is 22.4. The number of carbonyl (C=O) groups excluding carboxylic acids is 1. The number of hydrogen-bond donors (Lipinski definition) is 2. The first-order valence-electron chi connectivity index (χ1n) is 10.6. The van der Waals surface area contributed by atoms with Crippen LogP contribution < -0.4 is 16.3 Å². The minimum absolute atomic E-state index is 0.144. The van der Waals surface area contributed by atoms with Gasteiger partial charge in [0, 0.05) is 12.6 Å². The summed E-state index contributed by atoms with van der Waals surface area (Å²) in [5, 5.41) is 0.503. The Bertz CT molecular complexity index is 1260. The average molecular weight is 609 g/mol. The predicted molar refractivity (Wildman–Crippen MR) is 135 cm³/mol. The summed E-state index contributed by atoms with van der Waals surface area (Å²) in [6, 6.07) is 7.54. The number of anilines is 1. The summed E-state index contributed by atoms with van der Waals surface area (Å²) in [5.41, 5.74) is -0.564. The molecule has 12 nitrogen and oxygen atoms in total. The first kappa shape index (κ1) is 28.3. The van der Waals surface area contributed by atoms with Gasteiger partial charge in [-0.1, -0.05) is 34.1 Å². The van der Waals surface area contributed by atoms with Gasteiger partial charge in [-0.3, -0.25) is 28.6 Å². The van der Waals surface area contributed by atoms with Crippen molar-refractivity contribution in [1.82, 2.24) is 9.55 Å². The maximum absolute atomic E-state index is 12.5. The number of alkyl halides is 1. The van der Waals surface area contributed by atoms with Gasteiger partial charge in [-0.2, -0.15) is 0 Å². The van der Waals surface area contributed by atoms with E-state index in [0.717, 1.165) is 4.57 Å². The third-order valence-corrected chi connectivity index (χ3v) is 6.83. The summed E-state index contributed by atoms with van der Waals surface area (Å²) in [5.74, 6) is -1.06. The van der Waals surface area contributed by atoms with E-state index in [1.807, 2.05) is 0 Å². The molecule has 5 atom stereocenters. The van der Waals surface area contributed by atoms with Gasteiger partial charge < -0.3 is 9.26 Å². The first-order valence-corrected chi connectivity index (χ1v) is 13.4. The van der Waals surface area contributed by atoms with Crippen LogP contribution in [-0.2, 0) is 28.0 Å². The van der Waals surface area contributed by atoms with E-state index in [0.29, 0.717) is 5.69 Å². The molecule has 1 aromatic heterocycles. The molecule has 196 valence electrons. The molecule has 1 aliphatic rings. The van der Waals surface area contributed by atoms with E-state index in [1.165, 1.54) is 36.4 Å². The van der Waals surface area contributed by atoms with E-state index in [4.69, 9.17) is 30.2 Å². The number of nitrogens with one attached hydrogen (secondary N) is 1.